The molecule has 106 valence electrons. The molecule has 1 saturated carbocycles. The van der Waals surface area contributed by atoms with Crippen LogP contribution in [0.4, 0.5) is 0 Å². The summed E-state index contributed by atoms with van der Waals surface area (Å²) in [6.45, 7) is 2.20. The molecule has 1 aromatic rings. The van der Waals surface area contributed by atoms with Crippen LogP contribution < -0.4 is 5.32 Å². The summed E-state index contributed by atoms with van der Waals surface area (Å²) in [5.74, 6) is 0.903. The molecule has 1 aliphatic rings. The van der Waals surface area contributed by atoms with Crippen molar-refractivity contribution in [3.8, 4) is 6.07 Å². The maximum atomic E-state index is 12.0. The number of hydrogen-bond donors (Lipinski definition) is 1. The summed E-state index contributed by atoms with van der Waals surface area (Å²) < 4.78 is 0. The molecule has 2 rings (SSSR count). The topological polar surface area (TPSA) is 65.8 Å². The van der Waals surface area contributed by atoms with Crippen molar-refractivity contribution in [2.24, 2.45) is 5.92 Å². The molecule has 4 nitrogen and oxygen atoms in total. The van der Waals surface area contributed by atoms with Gasteiger partial charge in [-0.2, -0.15) is 5.26 Å². The fourth-order valence-electron chi connectivity index (χ4n) is 2.50. The number of aromatic nitrogens is 1. The van der Waals surface area contributed by atoms with E-state index < -0.39 is 0 Å². The molecule has 1 heterocycles. The minimum absolute atomic E-state index is 0.0308. The van der Waals surface area contributed by atoms with Gasteiger partial charge in [-0.25, -0.2) is 4.98 Å². The van der Waals surface area contributed by atoms with Crippen LogP contribution in [-0.4, -0.2) is 22.7 Å². The number of nitriles is 1. The van der Waals surface area contributed by atoms with E-state index in [4.69, 9.17) is 5.26 Å². The van der Waals surface area contributed by atoms with Gasteiger partial charge in [-0.15, -0.1) is 0 Å². The number of hydrogen-bond acceptors (Lipinski definition) is 4. The number of rotatable bonds is 4. The number of carbonyl (C=O) groups excluding carboxylic acids is 1. The molecular weight excluding hydrogens is 270 g/mol. The number of amides is 1. The largest absolute Gasteiger partial charge is 0.352 e. The van der Waals surface area contributed by atoms with Gasteiger partial charge in [0, 0.05) is 12.2 Å². The quantitative estimate of drug-likeness (QED) is 0.866. The number of nitrogens with zero attached hydrogens (tertiary/aromatic N) is 2. The van der Waals surface area contributed by atoms with Gasteiger partial charge in [-0.05, 0) is 30.9 Å². The van der Waals surface area contributed by atoms with E-state index in [2.05, 4.69) is 23.3 Å². The van der Waals surface area contributed by atoms with E-state index in [1.54, 1.807) is 18.3 Å². The molecule has 20 heavy (non-hydrogen) atoms. The Balaban J connectivity index is 1.84. The second-order valence-electron chi connectivity index (χ2n) is 5.19. The van der Waals surface area contributed by atoms with Gasteiger partial charge in [0.15, 0.2) is 0 Å². The summed E-state index contributed by atoms with van der Waals surface area (Å²) in [6.07, 6.45) is 6.37. The molecule has 0 saturated heterocycles. The van der Waals surface area contributed by atoms with E-state index in [1.807, 2.05) is 0 Å². The molecule has 0 unspecified atom stereocenters. The van der Waals surface area contributed by atoms with Crippen molar-refractivity contribution in [2.45, 2.75) is 43.7 Å². The highest BCUT2D eigenvalue weighted by molar-refractivity contribution is 7.99. The smallest absolute Gasteiger partial charge is 0.230 e. The average molecular weight is 289 g/mol. The van der Waals surface area contributed by atoms with Gasteiger partial charge in [0.1, 0.15) is 11.1 Å². The standard InChI is InChI=1S/C15H19N3OS/c1-11-5-2-3-7-13(11)18-14(19)10-20-15-12(9-16)6-4-8-17-15/h4,6,8,11,13H,2-3,5,7,10H2,1H3,(H,18,19)/t11-,13-/m1/s1. The summed E-state index contributed by atoms with van der Waals surface area (Å²) in [7, 11) is 0. The van der Waals surface area contributed by atoms with Crippen molar-refractivity contribution in [1.82, 2.24) is 10.3 Å². The summed E-state index contributed by atoms with van der Waals surface area (Å²) in [4.78, 5) is 16.1. The minimum Gasteiger partial charge on any atom is -0.352 e. The third-order valence-electron chi connectivity index (χ3n) is 3.69. The van der Waals surface area contributed by atoms with Gasteiger partial charge in [0.2, 0.25) is 5.91 Å². The normalized spacial score (nSPS) is 22.0. The number of carbonyl (C=O) groups is 1. The first-order valence-corrected chi connectivity index (χ1v) is 7.96. The van der Waals surface area contributed by atoms with Crippen LogP contribution in [0.15, 0.2) is 23.4 Å². The van der Waals surface area contributed by atoms with Gasteiger partial charge < -0.3 is 5.32 Å². The maximum absolute atomic E-state index is 12.0. The Bertz CT molecular complexity index is 512. The minimum atomic E-state index is 0.0308. The first-order valence-electron chi connectivity index (χ1n) is 6.98. The van der Waals surface area contributed by atoms with Crippen molar-refractivity contribution in [3.05, 3.63) is 23.9 Å². The van der Waals surface area contributed by atoms with Gasteiger partial charge >= 0.3 is 0 Å². The van der Waals surface area contributed by atoms with E-state index in [0.717, 1.165) is 6.42 Å². The molecular formula is C15H19N3OS. The predicted molar refractivity (Wildman–Crippen MR) is 79.2 cm³/mol. The van der Waals surface area contributed by atoms with Crippen LogP contribution in [0.5, 0.6) is 0 Å². The molecule has 0 radical (unpaired) electrons. The second-order valence-corrected chi connectivity index (χ2v) is 6.16. The lowest BCUT2D eigenvalue weighted by molar-refractivity contribution is -0.119. The molecule has 0 aromatic carbocycles. The fraction of sp³-hybridized carbons (Fsp3) is 0.533. The summed E-state index contributed by atoms with van der Waals surface area (Å²) in [6, 6.07) is 5.84. The highest BCUT2D eigenvalue weighted by Crippen LogP contribution is 2.24. The zero-order valence-electron chi connectivity index (χ0n) is 11.6. The SMILES string of the molecule is C[C@@H]1CCCC[C@H]1NC(=O)CSc1ncccc1C#N. The van der Waals surface area contributed by atoms with Crippen molar-refractivity contribution in [3.63, 3.8) is 0 Å². The number of nitrogens with one attached hydrogen (secondary N) is 1. The molecule has 1 N–H and O–H groups in total. The number of thioether (sulfide) groups is 1. The third-order valence-corrected chi connectivity index (χ3v) is 4.69. The van der Waals surface area contributed by atoms with Crippen LogP contribution in [0.1, 0.15) is 38.2 Å². The van der Waals surface area contributed by atoms with Gasteiger partial charge in [0.05, 0.1) is 11.3 Å². The zero-order chi connectivity index (χ0) is 14.4. The van der Waals surface area contributed by atoms with Crippen LogP contribution in [0.3, 0.4) is 0 Å². The maximum Gasteiger partial charge on any atom is 0.230 e. The van der Waals surface area contributed by atoms with Crippen molar-refractivity contribution in [2.75, 3.05) is 5.75 Å². The molecule has 5 heteroatoms. The van der Waals surface area contributed by atoms with E-state index in [0.29, 0.717) is 28.3 Å². The predicted octanol–water partition coefficient (Wildman–Crippen LogP) is 2.74. The molecule has 2 atom stereocenters. The van der Waals surface area contributed by atoms with Gasteiger partial charge in [0.25, 0.3) is 0 Å². The lowest BCUT2D eigenvalue weighted by Crippen LogP contribution is -2.41. The third kappa shape index (κ3) is 3.97. The second kappa shape index (κ2) is 7.30. The molecule has 1 aromatic heterocycles. The van der Waals surface area contributed by atoms with Crippen molar-refractivity contribution >= 4 is 17.7 Å². The molecule has 0 aliphatic heterocycles. The molecule has 0 spiro atoms. The summed E-state index contributed by atoms with van der Waals surface area (Å²) in [5, 5.41) is 12.7. The number of pyridine rings is 1. The first kappa shape index (κ1) is 14.9. The van der Waals surface area contributed by atoms with Crippen LogP contribution in [-0.2, 0) is 4.79 Å². The zero-order valence-corrected chi connectivity index (χ0v) is 12.4. The Kier molecular flexibility index (Phi) is 5.42. The van der Waals surface area contributed by atoms with E-state index >= 15 is 0 Å². The lowest BCUT2D eigenvalue weighted by atomic mass is 9.86. The average Bonchev–Trinajstić information content (AvgIpc) is 2.48. The fourth-order valence-corrected chi connectivity index (χ4v) is 3.26. The van der Waals surface area contributed by atoms with E-state index in [1.165, 1.54) is 31.0 Å². The van der Waals surface area contributed by atoms with Crippen LogP contribution >= 0.6 is 11.8 Å². The molecule has 1 amide bonds. The van der Waals surface area contributed by atoms with Crippen LogP contribution in [0.25, 0.3) is 0 Å². The Morgan fingerprint density at radius 2 is 2.35 bits per heavy atom. The lowest BCUT2D eigenvalue weighted by Gasteiger charge is -2.29. The summed E-state index contributed by atoms with van der Waals surface area (Å²) in [5.41, 5.74) is 0.524. The van der Waals surface area contributed by atoms with E-state index in [-0.39, 0.29) is 5.91 Å². The van der Waals surface area contributed by atoms with Gasteiger partial charge in [-0.3, -0.25) is 4.79 Å². The van der Waals surface area contributed by atoms with Gasteiger partial charge in [-0.1, -0.05) is 31.5 Å². The first-order chi connectivity index (χ1) is 9.70. The molecule has 1 aliphatic carbocycles. The Hall–Kier alpha value is -1.54. The summed E-state index contributed by atoms with van der Waals surface area (Å²) >= 11 is 1.32. The molecule has 0 bridgehead atoms. The van der Waals surface area contributed by atoms with Crippen LogP contribution in [0.2, 0.25) is 0 Å². The van der Waals surface area contributed by atoms with Crippen molar-refractivity contribution in [1.29, 1.82) is 5.26 Å². The Labute approximate surface area is 124 Å². The van der Waals surface area contributed by atoms with E-state index in [9.17, 15) is 4.79 Å². The monoisotopic (exact) mass is 289 g/mol. The van der Waals surface area contributed by atoms with Crippen LogP contribution in [0, 0.1) is 17.2 Å². The highest BCUT2D eigenvalue weighted by Gasteiger charge is 2.22. The molecule has 1 fully saturated rings. The Morgan fingerprint density at radius 3 is 3.10 bits per heavy atom. The van der Waals surface area contributed by atoms with Crippen molar-refractivity contribution < 1.29 is 4.79 Å². The Morgan fingerprint density at radius 1 is 1.55 bits per heavy atom. The highest BCUT2D eigenvalue weighted by atomic mass is 32.2.